The van der Waals surface area contributed by atoms with Gasteiger partial charge in [-0.25, -0.2) is 8.42 Å². The molecule has 0 heterocycles. The number of sulfonamides is 1. The Morgan fingerprint density at radius 1 is 1.00 bits per heavy atom. The first-order valence-corrected chi connectivity index (χ1v) is 10.8. The van der Waals surface area contributed by atoms with Crippen molar-refractivity contribution < 1.29 is 13.2 Å². The maximum Gasteiger partial charge on any atom is 0.241 e. The van der Waals surface area contributed by atoms with E-state index in [4.69, 9.17) is 0 Å². The molecule has 0 fully saturated rings. The average molecular weight is 389 g/mol. The van der Waals surface area contributed by atoms with Crippen molar-refractivity contribution in [2.75, 3.05) is 6.54 Å². The first-order chi connectivity index (χ1) is 12.9. The predicted octanol–water partition coefficient (Wildman–Crippen LogP) is 3.19. The number of amides is 1. The summed E-state index contributed by atoms with van der Waals surface area (Å²) in [6.45, 7) is 4.53. The van der Waals surface area contributed by atoms with Gasteiger partial charge in [-0.05, 0) is 37.5 Å². The Balaban J connectivity index is 2.15. The summed E-state index contributed by atoms with van der Waals surface area (Å²) in [4.78, 5) is 12.8. The molecule has 0 saturated heterocycles. The van der Waals surface area contributed by atoms with Crippen molar-refractivity contribution in [1.29, 1.82) is 0 Å². The second-order valence-corrected chi connectivity index (χ2v) is 8.39. The lowest BCUT2D eigenvalue weighted by Gasteiger charge is -2.19. The molecule has 1 atom stereocenters. The highest BCUT2D eigenvalue weighted by atomic mass is 32.2. The van der Waals surface area contributed by atoms with Gasteiger partial charge in [0.15, 0.2) is 0 Å². The number of aryl methyl sites for hydroxylation is 1. The average Bonchev–Trinajstić information content (AvgIpc) is 2.65. The Kier molecular flexibility index (Phi) is 8.00. The molecular formula is C21H28N2O3S. The molecule has 0 unspecified atom stereocenters. The molecule has 5 nitrogen and oxygen atoms in total. The zero-order valence-corrected chi connectivity index (χ0v) is 16.8. The number of carbonyl (C=O) groups is 1. The Labute approximate surface area is 162 Å². The first-order valence-electron chi connectivity index (χ1n) is 9.33. The SMILES string of the molecule is CCCCCNC(=O)[C@@H](Cc1ccccc1)NS(=O)(=O)c1ccc(C)cc1. The minimum Gasteiger partial charge on any atom is -0.355 e. The van der Waals surface area contributed by atoms with Gasteiger partial charge in [-0.15, -0.1) is 0 Å². The van der Waals surface area contributed by atoms with Crippen LogP contribution in [0.3, 0.4) is 0 Å². The number of unbranched alkanes of at least 4 members (excludes halogenated alkanes) is 2. The van der Waals surface area contributed by atoms with Gasteiger partial charge in [-0.2, -0.15) is 4.72 Å². The lowest BCUT2D eigenvalue weighted by Crippen LogP contribution is -2.48. The van der Waals surface area contributed by atoms with E-state index in [1.54, 1.807) is 24.3 Å². The molecule has 0 radical (unpaired) electrons. The van der Waals surface area contributed by atoms with E-state index in [1.165, 1.54) is 0 Å². The molecular weight excluding hydrogens is 360 g/mol. The van der Waals surface area contributed by atoms with Crippen molar-refractivity contribution in [3.8, 4) is 0 Å². The monoisotopic (exact) mass is 388 g/mol. The topological polar surface area (TPSA) is 75.3 Å². The highest BCUT2D eigenvalue weighted by Gasteiger charge is 2.25. The Morgan fingerprint density at radius 2 is 1.67 bits per heavy atom. The van der Waals surface area contributed by atoms with Gasteiger partial charge >= 0.3 is 0 Å². The molecule has 0 spiro atoms. The summed E-state index contributed by atoms with van der Waals surface area (Å²) in [6.07, 6.45) is 3.26. The second-order valence-electron chi connectivity index (χ2n) is 6.67. The zero-order chi connectivity index (χ0) is 19.7. The van der Waals surface area contributed by atoms with E-state index in [2.05, 4.69) is 17.0 Å². The first kappa shape index (κ1) is 21.1. The summed E-state index contributed by atoms with van der Waals surface area (Å²) < 4.78 is 28.0. The van der Waals surface area contributed by atoms with Gasteiger partial charge in [0, 0.05) is 6.54 Å². The lowest BCUT2D eigenvalue weighted by molar-refractivity contribution is -0.122. The number of rotatable bonds is 10. The fraction of sp³-hybridized carbons (Fsp3) is 0.381. The van der Waals surface area contributed by atoms with Gasteiger partial charge < -0.3 is 5.32 Å². The van der Waals surface area contributed by atoms with Gasteiger partial charge in [-0.3, -0.25) is 4.79 Å². The summed E-state index contributed by atoms with van der Waals surface area (Å²) in [7, 11) is -3.79. The van der Waals surface area contributed by atoms with Crippen molar-refractivity contribution in [2.24, 2.45) is 0 Å². The molecule has 6 heteroatoms. The van der Waals surface area contributed by atoms with Gasteiger partial charge in [0.2, 0.25) is 15.9 Å². The van der Waals surface area contributed by atoms with Crippen LogP contribution >= 0.6 is 0 Å². The van der Waals surface area contributed by atoms with Crippen LogP contribution in [-0.4, -0.2) is 26.9 Å². The van der Waals surface area contributed by atoms with E-state index in [0.717, 1.165) is 30.4 Å². The largest absolute Gasteiger partial charge is 0.355 e. The normalized spacial score (nSPS) is 12.5. The summed E-state index contributed by atoms with van der Waals surface area (Å²) in [5.74, 6) is -0.300. The number of hydrogen-bond donors (Lipinski definition) is 2. The van der Waals surface area contributed by atoms with Crippen LogP contribution in [0, 0.1) is 6.92 Å². The lowest BCUT2D eigenvalue weighted by atomic mass is 10.1. The molecule has 2 N–H and O–H groups in total. The minimum absolute atomic E-state index is 0.157. The van der Waals surface area contributed by atoms with Crippen LogP contribution in [0.15, 0.2) is 59.5 Å². The Bertz CT molecular complexity index is 818. The summed E-state index contributed by atoms with van der Waals surface area (Å²) in [6, 6.07) is 15.1. The van der Waals surface area contributed by atoms with Crippen LogP contribution < -0.4 is 10.0 Å². The van der Waals surface area contributed by atoms with Gasteiger partial charge in [0.05, 0.1) is 4.90 Å². The van der Waals surface area contributed by atoms with Crippen LogP contribution in [-0.2, 0) is 21.2 Å². The summed E-state index contributed by atoms with van der Waals surface area (Å²) in [5.41, 5.74) is 1.88. The smallest absolute Gasteiger partial charge is 0.241 e. The van der Waals surface area contributed by atoms with Crippen molar-refractivity contribution in [3.63, 3.8) is 0 Å². The number of hydrogen-bond acceptors (Lipinski definition) is 3. The molecule has 0 aliphatic heterocycles. The quantitative estimate of drug-likeness (QED) is 0.614. The third kappa shape index (κ3) is 6.81. The Hall–Kier alpha value is -2.18. The third-order valence-corrected chi connectivity index (χ3v) is 5.79. The molecule has 0 aromatic heterocycles. The van der Waals surface area contributed by atoms with E-state index in [-0.39, 0.29) is 10.8 Å². The second kappa shape index (κ2) is 10.2. The van der Waals surface area contributed by atoms with Gasteiger partial charge in [-0.1, -0.05) is 67.8 Å². The van der Waals surface area contributed by atoms with E-state index >= 15 is 0 Å². The van der Waals surface area contributed by atoms with Crippen molar-refractivity contribution >= 4 is 15.9 Å². The molecule has 1 amide bonds. The number of nitrogens with one attached hydrogen (secondary N) is 2. The maximum absolute atomic E-state index is 12.7. The van der Waals surface area contributed by atoms with E-state index < -0.39 is 16.1 Å². The number of benzene rings is 2. The van der Waals surface area contributed by atoms with Crippen molar-refractivity contribution in [2.45, 2.75) is 50.5 Å². The van der Waals surface area contributed by atoms with Crippen LogP contribution in [0.25, 0.3) is 0 Å². The molecule has 0 aliphatic rings. The van der Waals surface area contributed by atoms with Crippen molar-refractivity contribution in [1.82, 2.24) is 10.0 Å². The predicted molar refractivity (Wildman–Crippen MR) is 108 cm³/mol. The zero-order valence-electron chi connectivity index (χ0n) is 15.9. The third-order valence-electron chi connectivity index (χ3n) is 4.31. The van der Waals surface area contributed by atoms with Crippen LogP contribution in [0.2, 0.25) is 0 Å². The fourth-order valence-electron chi connectivity index (χ4n) is 2.72. The van der Waals surface area contributed by atoms with E-state index in [1.807, 2.05) is 37.3 Å². The molecule has 0 saturated carbocycles. The molecule has 2 aromatic carbocycles. The van der Waals surface area contributed by atoms with Crippen LogP contribution in [0.4, 0.5) is 0 Å². The molecule has 0 aliphatic carbocycles. The van der Waals surface area contributed by atoms with Crippen molar-refractivity contribution in [3.05, 3.63) is 65.7 Å². The highest BCUT2D eigenvalue weighted by molar-refractivity contribution is 7.89. The van der Waals surface area contributed by atoms with Crippen LogP contribution in [0.5, 0.6) is 0 Å². The minimum atomic E-state index is -3.79. The Morgan fingerprint density at radius 3 is 2.30 bits per heavy atom. The summed E-state index contributed by atoms with van der Waals surface area (Å²) in [5, 5.41) is 2.86. The van der Waals surface area contributed by atoms with E-state index in [9.17, 15) is 13.2 Å². The highest BCUT2D eigenvalue weighted by Crippen LogP contribution is 2.12. The van der Waals surface area contributed by atoms with Gasteiger partial charge in [0.1, 0.15) is 6.04 Å². The fourth-order valence-corrected chi connectivity index (χ4v) is 3.92. The summed E-state index contributed by atoms with van der Waals surface area (Å²) >= 11 is 0. The molecule has 146 valence electrons. The van der Waals surface area contributed by atoms with E-state index in [0.29, 0.717) is 13.0 Å². The maximum atomic E-state index is 12.7. The molecule has 2 rings (SSSR count). The molecule has 2 aromatic rings. The molecule has 0 bridgehead atoms. The standard InChI is InChI=1S/C21H28N2O3S/c1-3-4-8-15-22-21(24)20(16-18-9-6-5-7-10-18)23-27(25,26)19-13-11-17(2)12-14-19/h5-7,9-14,20,23H,3-4,8,15-16H2,1-2H3,(H,22,24)/t20-/m1/s1. The van der Waals surface area contributed by atoms with Crippen LogP contribution in [0.1, 0.15) is 37.3 Å². The van der Waals surface area contributed by atoms with Gasteiger partial charge in [0.25, 0.3) is 0 Å². The number of carbonyl (C=O) groups excluding carboxylic acids is 1. The molecule has 27 heavy (non-hydrogen) atoms.